The quantitative estimate of drug-likeness (QED) is 0.454. The Balaban J connectivity index is 1.47. The molecule has 0 radical (unpaired) electrons. The van der Waals surface area contributed by atoms with E-state index in [4.69, 9.17) is 4.74 Å². The van der Waals surface area contributed by atoms with Crippen LogP contribution in [-0.2, 0) is 9.53 Å². The summed E-state index contributed by atoms with van der Waals surface area (Å²) in [7, 11) is 0. The number of benzene rings is 2. The van der Waals surface area contributed by atoms with E-state index in [-0.39, 0.29) is 23.5 Å². The van der Waals surface area contributed by atoms with E-state index < -0.39 is 24.4 Å². The van der Waals surface area contributed by atoms with Gasteiger partial charge in [-0.3, -0.25) is 14.5 Å². The molecule has 0 unspecified atom stereocenters. The Morgan fingerprint density at radius 2 is 1.81 bits per heavy atom. The molecular formula is C25H23F3N4O4. The van der Waals surface area contributed by atoms with Gasteiger partial charge in [-0.2, -0.15) is 13.2 Å². The van der Waals surface area contributed by atoms with Crippen LogP contribution in [0.3, 0.4) is 0 Å². The van der Waals surface area contributed by atoms with Gasteiger partial charge in [0.25, 0.3) is 5.91 Å². The highest BCUT2D eigenvalue weighted by Gasteiger charge is 2.19. The number of ether oxygens (including phenoxy) is 2. The molecule has 3 aromatic rings. The van der Waals surface area contributed by atoms with E-state index in [1.807, 2.05) is 4.90 Å². The van der Waals surface area contributed by atoms with Crippen molar-refractivity contribution in [3.05, 3.63) is 72.3 Å². The van der Waals surface area contributed by atoms with Crippen LogP contribution >= 0.6 is 0 Å². The van der Waals surface area contributed by atoms with Crippen molar-refractivity contribution in [1.29, 1.82) is 0 Å². The molecule has 4 rings (SSSR count). The minimum absolute atomic E-state index is 0.0395. The molecule has 11 heteroatoms. The van der Waals surface area contributed by atoms with Crippen molar-refractivity contribution < 1.29 is 32.2 Å². The maximum atomic E-state index is 13.9. The Kier molecular flexibility index (Phi) is 8.13. The first-order valence-corrected chi connectivity index (χ1v) is 11.1. The minimum Gasteiger partial charge on any atom is -0.433 e. The maximum absolute atomic E-state index is 13.9. The molecule has 8 nitrogen and oxygen atoms in total. The molecule has 1 saturated heterocycles. The summed E-state index contributed by atoms with van der Waals surface area (Å²) in [6, 6.07) is 13.4. The number of alkyl halides is 2. The van der Waals surface area contributed by atoms with Crippen molar-refractivity contribution in [2.75, 3.05) is 43.5 Å². The van der Waals surface area contributed by atoms with Gasteiger partial charge in [0.1, 0.15) is 5.75 Å². The van der Waals surface area contributed by atoms with Crippen LogP contribution in [0.1, 0.15) is 10.4 Å². The molecule has 0 spiro atoms. The number of pyridine rings is 1. The molecule has 2 aromatic carbocycles. The highest BCUT2D eigenvalue weighted by molar-refractivity contribution is 6.06. The number of hydrogen-bond acceptors (Lipinski definition) is 6. The lowest BCUT2D eigenvalue weighted by molar-refractivity contribution is -0.118. The molecule has 0 aliphatic carbocycles. The Morgan fingerprint density at radius 3 is 2.50 bits per heavy atom. The first kappa shape index (κ1) is 25.1. The average molecular weight is 500 g/mol. The minimum atomic E-state index is -3.11. The van der Waals surface area contributed by atoms with Crippen molar-refractivity contribution in [1.82, 2.24) is 9.88 Å². The Labute approximate surface area is 205 Å². The van der Waals surface area contributed by atoms with Crippen molar-refractivity contribution >= 4 is 23.2 Å². The van der Waals surface area contributed by atoms with Crippen molar-refractivity contribution in [3.8, 4) is 16.9 Å². The number of hydrogen-bond donors (Lipinski definition) is 2. The predicted octanol–water partition coefficient (Wildman–Crippen LogP) is 4.01. The molecule has 2 amide bonds. The summed E-state index contributed by atoms with van der Waals surface area (Å²) >= 11 is 0. The standard InChI is InChI=1S/C25H23F3N4O4/c26-23-19(2-1-9-29-23)16-3-6-18(7-4-16)30-24(34)17-5-8-21(36-25(27)28)20(14-17)31-22(33)15-32-10-12-35-13-11-32/h1-9,14,25H,10-13,15H2,(H,30,34)(H,31,33). The normalized spacial score (nSPS) is 13.9. The van der Waals surface area contributed by atoms with Crippen molar-refractivity contribution in [3.63, 3.8) is 0 Å². The maximum Gasteiger partial charge on any atom is 0.387 e. The fourth-order valence-corrected chi connectivity index (χ4v) is 3.66. The van der Waals surface area contributed by atoms with Gasteiger partial charge in [-0.1, -0.05) is 12.1 Å². The van der Waals surface area contributed by atoms with Crippen molar-refractivity contribution in [2.45, 2.75) is 6.61 Å². The van der Waals surface area contributed by atoms with Gasteiger partial charge in [0.15, 0.2) is 0 Å². The highest BCUT2D eigenvalue weighted by Crippen LogP contribution is 2.28. The molecule has 1 aliphatic rings. The molecule has 0 saturated carbocycles. The molecule has 1 fully saturated rings. The zero-order valence-electron chi connectivity index (χ0n) is 19.0. The van der Waals surface area contributed by atoms with Crippen LogP contribution in [-0.4, -0.2) is 61.2 Å². The SMILES string of the molecule is O=C(CN1CCOCC1)Nc1cc(C(=O)Nc2ccc(-c3cccnc3F)cc2)ccc1OC(F)F. The van der Waals surface area contributed by atoms with Crippen molar-refractivity contribution in [2.24, 2.45) is 0 Å². The lowest BCUT2D eigenvalue weighted by Gasteiger charge is -2.26. The molecule has 1 aromatic heterocycles. The smallest absolute Gasteiger partial charge is 0.387 e. The van der Waals surface area contributed by atoms with Crippen LogP contribution in [0.25, 0.3) is 11.1 Å². The summed E-state index contributed by atoms with van der Waals surface area (Å²) in [6.07, 6.45) is 1.35. The van der Waals surface area contributed by atoms with Crippen LogP contribution in [0.2, 0.25) is 0 Å². The molecule has 1 aliphatic heterocycles. The summed E-state index contributed by atoms with van der Waals surface area (Å²) < 4.78 is 49.4. The number of rotatable bonds is 8. The molecule has 0 atom stereocenters. The number of amides is 2. The summed E-state index contributed by atoms with van der Waals surface area (Å²) in [4.78, 5) is 30.8. The number of morpholine rings is 1. The summed E-state index contributed by atoms with van der Waals surface area (Å²) in [5.74, 6) is -1.85. The van der Waals surface area contributed by atoms with Gasteiger partial charge in [-0.15, -0.1) is 0 Å². The van der Waals surface area contributed by atoms with Gasteiger partial charge in [-0.05, 0) is 48.0 Å². The summed E-state index contributed by atoms with van der Waals surface area (Å²) in [6.45, 7) is -0.924. The molecule has 36 heavy (non-hydrogen) atoms. The molecular weight excluding hydrogens is 477 g/mol. The van der Waals surface area contributed by atoms with E-state index in [1.165, 1.54) is 24.4 Å². The molecule has 188 valence electrons. The van der Waals surface area contributed by atoms with E-state index in [2.05, 4.69) is 20.4 Å². The van der Waals surface area contributed by atoms with E-state index in [0.717, 1.165) is 0 Å². The lowest BCUT2D eigenvalue weighted by Crippen LogP contribution is -2.41. The third kappa shape index (κ3) is 6.58. The number of aromatic nitrogens is 1. The first-order chi connectivity index (χ1) is 17.4. The number of nitrogens with zero attached hydrogens (tertiary/aromatic N) is 2. The van der Waals surface area contributed by atoms with Gasteiger partial charge in [0, 0.05) is 36.1 Å². The van der Waals surface area contributed by atoms with Crippen LogP contribution in [0, 0.1) is 5.95 Å². The van der Waals surface area contributed by atoms with Crippen LogP contribution in [0.5, 0.6) is 5.75 Å². The summed E-state index contributed by atoms with van der Waals surface area (Å²) in [5, 5.41) is 5.24. The fraction of sp³-hybridized carbons (Fsp3) is 0.240. The Morgan fingerprint density at radius 1 is 1.06 bits per heavy atom. The van der Waals surface area contributed by atoms with Gasteiger partial charge >= 0.3 is 6.61 Å². The highest BCUT2D eigenvalue weighted by atomic mass is 19.3. The second-order valence-electron chi connectivity index (χ2n) is 7.90. The second kappa shape index (κ2) is 11.6. The third-order valence-electron chi connectivity index (χ3n) is 5.42. The Bertz CT molecular complexity index is 1220. The van der Waals surface area contributed by atoms with Gasteiger partial charge in [-0.25, -0.2) is 4.98 Å². The van der Waals surface area contributed by atoms with Crippen LogP contribution < -0.4 is 15.4 Å². The van der Waals surface area contributed by atoms with Gasteiger partial charge in [0.2, 0.25) is 11.9 Å². The van der Waals surface area contributed by atoms with E-state index in [0.29, 0.717) is 43.1 Å². The van der Waals surface area contributed by atoms with Crippen LogP contribution in [0.15, 0.2) is 60.8 Å². The summed E-state index contributed by atoms with van der Waals surface area (Å²) in [5.41, 5.74) is 1.39. The first-order valence-electron chi connectivity index (χ1n) is 11.1. The number of anilines is 2. The van der Waals surface area contributed by atoms with E-state index in [1.54, 1.807) is 36.4 Å². The van der Waals surface area contributed by atoms with Crippen LogP contribution in [0.4, 0.5) is 24.5 Å². The number of halogens is 3. The number of carbonyl (C=O) groups is 2. The van der Waals surface area contributed by atoms with Gasteiger partial charge < -0.3 is 20.1 Å². The van der Waals surface area contributed by atoms with Gasteiger partial charge in [0.05, 0.1) is 25.4 Å². The Hall–Kier alpha value is -3.96. The zero-order chi connectivity index (χ0) is 25.5. The molecule has 2 N–H and O–H groups in total. The average Bonchev–Trinajstić information content (AvgIpc) is 2.86. The number of nitrogens with one attached hydrogen (secondary N) is 2. The van der Waals surface area contributed by atoms with E-state index >= 15 is 0 Å². The lowest BCUT2D eigenvalue weighted by atomic mass is 10.1. The topological polar surface area (TPSA) is 92.8 Å². The second-order valence-corrected chi connectivity index (χ2v) is 7.90. The zero-order valence-corrected chi connectivity index (χ0v) is 19.0. The monoisotopic (exact) mass is 500 g/mol. The molecule has 0 bridgehead atoms. The largest absolute Gasteiger partial charge is 0.433 e. The van der Waals surface area contributed by atoms with E-state index in [9.17, 15) is 22.8 Å². The molecule has 2 heterocycles. The fourth-order valence-electron chi connectivity index (χ4n) is 3.66. The predicted molar refractivity (Wildman–Crippen MR) is 127 cm³/mol. The number of carbonyl (C=O) groups excluding carboxylic acids is 2. The third-order valence-corrected chi connectivity index (χ3v) is 5.42.